The number of aliphatic carboxylic acids is 1. The molecule has 0 spiro atoms. The Morgan fingerprint density at radius 3 is 2.59 bits per heavy atom. The first-order valence-corrected chi connectivity index (χ1v) is 7.25. The highest BCUT2D eigenvalue weighted by atomic mass is 79.9. The first-order valence-electron chi connectivity index (χ1n) is 6.46. The van der Waals surface area contributed by atoms with E-state index in [1.54, 1.807) is 0 Å². The van der Waals surface area contributed by atoms with Crippen LogP contribution in [0.1, 0.15) is 36.0 Å². The summed E-state index contributed by atoms with van der Waals surface area (Å²) in [6.45, 7) is 0.273. The number of amides is 1. The Hall–Kier alpha value is -2.03. The highest BCUT2D eigenvalue weighted by molar-refractivity contribution is 9.10. The van der Waals surface area contributed by atoms with Gasteiger partial charge in [0.2, 0.25) is 0 Å². The summed E-state index contributed by atoms with van der Waals surface area (Å²) in [6, 6.07) is 1.64. The first-order chi connectivity index (χ1) is 10.3. The standard InChI is InChI=1S/C13H14BrFN2O5/c14-12-9(6-8(15)7-10(12)17(21)22)13(20)16-5-3-1-2-4-11(18)19/h6-7H,1-5H2,(H,16,20)(H,18,19). The van der Waals surface area contributed by atoms with E-state index in [0.29, 0.717) is 19.3 Å². The Balaban J connectivity index is 2.59. The zero-order valence-electron chi connectivity index (χ0n) is 11.5. The normalized spacial score (nSPS) is 10.3. The lowest BCUT2D eigenvalue weighted by Gasteiger charge is -2.07. The molecule has 2 N–H and O–H groups in total. The molecule has 0 aromatic heterocycles. The van der Waals surface area contributed by atoms with Gasteiger partial charge in [-0.05, 0) is 34.8 Å². The highest BCUT2D eigenvalue weighted by Gasteiger charge is 2.21. The van der Waals surface area contributed by atoms with Gasteiger partial charge in [0, 0.05) is 13.0 Å². The molecule has 0 heterocycles. The van der Waals surface area contributed by atoms with Gasteiger partial charge in [0.15, 0.2) is 0 Å². The molecule has 0 bridgehead atoms. The third-order valence-electron chi connectivity index (χ3n) is 2.81. The molecule has 1 rings (SSSR count). The molecule has 0 fully saturated rings. The lowest BCUT2D eigenvalue weighted by atomic mass is 10.1. The van der Waals surface area contributed by atoms with Crippen LogP contribution in [0.2, 0.25) is 0 Å². The van der Waals surface area contributed by atoms with E-state index in [-0.39, 0.29) is 23.0 Å². The minimum absolute atomic E-state index is 0.0651. The quantitative estimate of drug-likeness (QED) is 0.411. The van der Waals surface area contributed by atoms with Crippen molar-refractivity contribution in [3.63, 3.8) is 0 Å². The summed E-state index contributed by atoms with van der Waals surface area (Å²) in [5.74, 6) is -2.38. The SMILES string of the molecule is O=C(O)CCCCCNC(=O)c1cc(F)cc([N+](=O)[O-])c1Br. The molecule has 7 nitrogen and oxygen atoms in total. The number of carbonyl (C=O) groups is 2. The second-order valence-electron chi connectivity index (χ2n) is 4.50. The number of nitrogens with zero attached hydrogens (tertiary/aromatic N) is 1. The van der Waals surface area contributed by atoms with E-state index in [2.05, 4.69) is 21.2 Å². The van der Waals surface area contributed by atoms with Gasteiger partial charge in [-0.25, -0.2) is 4.39 Å². The number of unbranched alkanes of at least 4 members (excludes halogenated alkanes) is 2. The molecule has 0 radical (unpaired) electrons. The van der Waals surface area contributed by atoms with E-state index in [1.807, 2.05) is 0 Å². The van der Waals surface area contributed by atoms with Crippen molar-refractivity contribution in [1.82, 2.24) is 5.32 Å². The molecule has 1 aromatic rings. The molecule has 0 unspecified atom stereocenters. The monoisotopic (exact) mass is 376 g/mol. The van der Waals surface area contributed by atoms with E-state index in [0.717, 1.165) is 12.1 Å². The Morgan fingerprint density at radius 1 is 1.32 bits per heavy atom. The molecular formula is C13H14BrFN2O5. The Bertz CT molecular complexity index is 594. The lowest BCUT2D eigenvalue weighted by molar-refractivity contribution is -0.385. The molecule has 22 heavy (non-hydrogen) atoms. The van der Waals surface area contributed by atoms with E-state index in [4.69, 9.17) is 5.11 Å². The van der Waals surface area contributed by atoms with Crippen LogP contribution in [0.4, 0.5) is 10.1 Å². The number of nitrogens with one attached hydrogen (secondary N) is 1. The van der Waals surface area contributed by atoms with Crippen LogP contribution in [-0.4, -0.2) is 28.5 Å². The molecule has 0 saturated heterocycles. The van der Waals surface area contributed by atoms with Gasteiger partial charge in [-0.3, -0.25) is 19.7 Å². The highest BCUT2D eigenvalue weighted by Crippen LogP contribution is 2.29. The zero-order chi connectivity index (χ0) is 16.7. The van der Waals surface area contributed by atoms with Gasteiger partial charge in [-0.1, -0.05) is 6.42 Å². The maximum atomic E-state index is 13.3. The predicted octanol–water partition coefficient (Wildman–Crippen LogP) is 2.87. The van der Waals surface area contributed by atoms with Crippen molar-refractivity contribution in [2.45, 2.75) is 25.7 Å². The van der Waals surface area contributed by atoms with Crippen LogP contribution in [0, 0.1) is 15.9 Å². The van der Waals surface area contributed by atoms with Gasteiger partial charge < -0.3 is 10.4 Å². The third kappa shape index (κ3) is 5.40. The molecule has 9 heteroatoms. The molecule has 0 aliphatic carbocycles. The first kappa shape index (κ1) is 18.0. The van der Waals surface area contributed by atoms with Crippen LogP contribution in [-0.2, 0) is 4.79 Å². The van der Waals surface area contributed by atoms with E-state index < -0.39 is 28.3 Å². The second kappa shape index (κ2) is 8.42. The van der Waals surface area contributed by atoms with Crippen LogP contribution < -0.4 is 5.32 Å². The number of nitro groups is 1. The number of nitro benzene ring substituents is 1. The topological polar surface area (TPSA) is 110 Å². The Morgan fingerprint density at radius 2 is 2.00 bits per heavy atom. The largest absolute Gasteiger partial charge is 0.481 e. The number of carboxylic acids is 1. The molecule has 0 saturated carbocycles. The number of halogens is 2. The van der Waals surface area contributed by atoms with Crippen LogP contribution in [0.25, 0.3) is 0 Å². The summed E-state index contributed by atoms with van der Waals surface area (Å²) in [6.07, 6.45) is 1.75. The van der Waals surface area contributed by atoms with Gasteiger partial charge >= 0.3 is 5.97 Å². The van der Waals surface area contributed by atoms with E-state index >= 15 is 0 Å². The van der Waals surface area contributed by atoms with Crippen molar-refractivity contribution < 1.29 is 24.0 Å². The number of rotatable bonds is 8. The molecule has 0 aliphatic rings. The number of carbonyl (C=O) groups excluding carboxylic acids is 1. The van der Waals surface area contributed by atoms with Crippen LogP contribution in [0.15, 0.2) is 16.6 Å². The molecular weight excluding hydrogens is 363 g/mol. The number of hydrogen-bond acceptors (Lipinski definition) is 4. The van der Waals surface area contributed by atoms with Crippen LogP contribution in [0.3, 0.4) is 0 Å². The summed E-state index contributed by atoms with van der Waals surface area (Å²) in [7, 11) is 0. The molecule has 120 valence electrons. The second-order valence-corrected chi connectivity index (χ2v) is 5.30. The van der Waals surface area contributed by atoms with Crippen molar-refractivity contribution in [3.05, 3.63) is 38.1 Å². The van der Waals surface area contributed by atoms with Gasteiger partial charge in [0.05, 0.1) is 16.6 Å². The van der Waals surface area contributed by atoms with Crippen LogP contribution in [0.5, 0.6) is 0 Å². The Labute approximate surface area is 133 Å². The number of carboxylic acid groups (broad SMARTS) is 1. The minimum atomic E-state index is -0.875. The van der Waals surface area contributed by atoms with Crippen molar-refractivity contribution in [2.24, 2.45) is 0 Å². The fraction of sp³-hybridized carbons (Fsp3) is 0.385. The lowest BCUT2D eigenvalue weighted by Crippen LogP contribution is -2.25. The molecule has 0 atom stereocenters. The van der Waals surface area contributed by atoms with Crippen molar-refractivity contribution >= 4 is 33.5 Å². The fourth-order valence-electron chi connectivity index (χ4n) is 1.75. The van der Waals surface area contributed by atoms with Crippen LogP contribution >= 0.6 is 15.9 Å². The number of hydrogen-bond donors (Lipinski definition) is 2. The van der Waals surface area contributed by atoms with Crippen molar-refractivity contribution in [1.29, 1.82) is 0 Å². The smallest absolute Gasteiger partial charge is 0.303 e. The predicted molar refractivity (Wildman–Crippen MR) is 79.2 cm³/mol. The van der Waals surface area contributed by atoms with Crippen molar-refractivity contribution in [2.75, 3.05) is 6.54 Å². The van der Waals surface area contributed by atoms with Crippen molar-refractivity contribution in [3.8, 4) is 0 Å². The summed E-state index contributed by atoms with van der Waals surface area (Å²) in [5.41, 5.74) is -0.677. The van der Waals surface area contributed by atoms with Gasteiger partial charge in [-0.15, -0.1) is 0 Å². The average Bonchev–Trinajstić information content (AvgIpc) is 2.43. The fourth-order valence-corrected chi connectivity index (χ4v) is 2.30. The minimum Gasteiger partial charge on any atom is -0.481 e. The van der Waals surface area contributed by atoms with Gasteiger partial charge in [-0.2, -0.15) is 0 Å². The summed E-state index contributed by atoms with van der Waals surface area (Å²) < 4.78 is 13.3. The van der Waals surface area contributed by atoms with E-state index in [9.17, 15) is 24.1 Å². The maximum absolute atomic E-state index is 13.3. The molecule has 1 amide bonds. The Kier molecular flexibility index (Phi) is 6.90. The molecule has 0 aliphatic heterocycles. The average molecular weight is 377 g/mol. The van der Waals surface area contributed by atoms with E-state index in [1.165, 1.54) is 0 Å². The third-order valence-corrected chi connectivity index (χ3v) is 3.65. The van der Waals surface area contributed by atoms with Gasteiger partial charge in [0.25, 0.3) is 11.6 Å². The zero-order valence-corrected chi connectivity index (χ0v) is 13.1. The summed E-state index contributed by atoms with van der Waals surface area (Å²) in [4.78, 5) is 32.2. The summed E-state index contributed by atoms with van der Waals surface area (Å²) in [5, 5.41) is 21.7. The number of benzene rings is 1. The summed E-state index contributed by atoms with van der Waals surface area (Å²) >= 11 is 2.93. The van der Waals surface area contributed by atoms with Gasteiger partial charge in [0.1, 0.15) is 10.3 Å². The maximum Gasteiger partial charge on any atom is 0.303 e. The molecule has 1 aromatic carbocycles.